The van der Waals surface area contributed by atoms with Crippen LogP contribution in [-0.4, -0.2) is 16.0 Å². The summed E-state index contributed by atoms with van der Waals surface area (Å²) in [6.45, 7) is 0. The van der Waals surface area contributed by atoms with Gasteiger partial charge in [0.25, 0.3) is 5.79 Å². The first-order chi connectivity index (χ1) is 11.7. The van der Waals surface area contributed by atoms with Crippen molar-refractivity contribution in [1.82, 2.24) is 0 Å². The molecule has 1 saturated carbocycles. The molecule has 2 aliphatic heterocycles. The number of rotatable bonds is 0. The molecular weight excluding hydrogens is 304 g/mol. The molecule has 3 aliphatic rings. The summed E-state index contributed by atoms with van der Waals surface area (Å²) in [6.07, 6.45) is 4.90. The normalized spacial score (nSPS) is 30.0. The minimum Gasteiger partial charge on any atom is -0.504 e. The quantitative estimate of drug-likeness (QED) is 0.774. The van der Waals surface area contributed by atoms with Crippen molar-refractivity contribution in [3.8, 4) is 23.0 Å². The van der Waals surface area contributed by atoms with Crippen LogP contribution in [0.25, 0.3) is 0 Å². The molecular formula is C20H20O4. The first kappa shape index (κ1) is 14.0. The number of phenols is 2. The average Bonchev–Trinajstić information content (AvgIpc) is 2.58. The van der Waals surface area contributed by atoms with Crippen LogP contribution in [0.5, 0.6) is 23.0 Å². The molecule has 0 aromatic heterocycles. The van der Waals surface area contributed by atoms with Gasteiger partial charge in [0, 0.05) is 11.8 Å². The van der Waals surface area contributed by atoms with Crippen molar-refractivity contribution in [2.45, 2.75) is 37.9 Å². The predicted molar refractivity (Wildman–Crippen MR) is 88.4 cm³/mol. The van der Waals surface area contributed by atoms with E-state index in [9.17, 15) is 10.2 Å². The third kappa shape index (κ3) is 1.80. The molecule has 0 unspecified atom stereocenters. The Hall–Kier alpha value is -2.36. The van der Waals surface area contributed by atoms with Crippen molar-refractivity contribution in [1.29, 1.82) is 0 Å². The van der Waals surface area contributed by atoms with Crippen molar-refractivity contribution >= 4 is 0 Å². The smallest absolute Gasteiger partial charge is 0.257 e. The highest BCUT2D eigenvalue weighted by Crippen LogP contribution is 2.55. The van der Waals surface area contributed by atoms with Gasteiger partial charge in [-0.15, -0.1) is 0 Å². The van der Waals surface area contributed by atoms with E-state index in [1.165, 1.54) is 0 Å². The second kappa shape index (κ2) is 4.82. The highest BCUT2D eigenvalue weighted by Gasteiger charge is 2.57. The van der Waals surface area contributed by atoms with Gasteiger partial charge in [0.1, 0.15) is 0 Å². The van der Waals surface area contributed by atoms with Gasteiger partial charge in [-0.25, -0.2) is 0 Å². The van der Waals surface area contributed by atoms with Crippen LogP contribution in [0.2, 0.25) is 0 Å². The molecule has 24 heavy (non-hydrogen) atoms. The minimum absolute atomic E-state index is 0.163. The number of para-hydroxylation sites is 2. The summed E-state index contributed by atoms with van der Waals surface area (Å²) in [5.74, 6) is 1.10. The van der Waals surface area contributed by atoms with E-state index >= 15 is 0 Å². The predicted octanol–water partition coefficient (Wildman–Crippen LogP) is 3.78. The van der Waals surface area contributed by atoms with Crippen LogP contribution in [0.4, 0.5) is 0 Å². The van der Waals surface area contributed by atoms with Crippen LogP contribution in [-0.2, 0) is 12.8 Å². The van der Waals surface area contributed by atoms with Crippen LogP contribution in [0.3, 0.4) is 0 Å². The summed E-state index contributed by atoms with van der Waals surface area (Å²) in [6, 6.07) is 11.1. The molecule has 1 spiro atoms. The average molecular weight is 324 g/mol. The molecule has 2 aromatic carbocycles. The first-order valence-electron chi connectivity index (χ1n) is 8.67. The first-order valence-corrected chi connectivity index (χ1v) is 8.67. The molecule has 1 aliphatic carbocycles. The molecule has 2 N–H and O–H groups in total. The Kier molecular flexibility index (Phi) is 2.82. The Morgan fingerprint density at radius 2 is 1.29 bits per heavy atom. The zero-order valence-corrected chi connectivity index (χ0v) is 13.4. The molecule has 0 radical (unpaired) electrons. The van der Waals surface area contributed by atoms with Gasteiger partial charge in [0.05, 0.1) is 0 Å². The van der Waals surface area contributed by atoms with Crippen LogP contribution < -0.4 is 9.47 Å². The van der Waals surface area contributed by atoms with E-state index in [1.807, 2.05) is 24.3 Å². The summed E-state index contributed by atoms with van der Waals surface area (Å²) in [5.41, 5.74) is 2.08. The molecule has 1 fully saturated rings. The second-order valence-corrected chi connectivity index (χ2v) is 7.19. The summed E-state index contributed by atoms with van der Waals surface area (Å²) >= 11 is 0. The van der Waals surface area contributed by atoms with E-state index in [0.717, 1.165) is 43.2 Å². The SMILES string of the molecule is Oc1cccc2c1OC13Oc4c(O)cccc4C[C@H]1CCC[C@@H]3C2. The fourth-order valence-corrected chi connectivity index (χ4v) is 4.74. The molecule has 4 heteroatoms. The fourth-order valence-electron chi connectivity index (χ4n) is 4.74. The van der Waals surface area contributed by atoms with E-state index in [4.69, 9.17) is 9.47 Å². The van der Waals surface area contributed by atoms with E-state index in [1.54, 1.807) is 12.1 Å². The lowest BCUT2D eigenvalue weighted by molar-refractivity contribution is -0.227. The van der Waals surface area contributed by atoms with Gasteiger partial charge in [-0.3, -0.25) is 0 Å². The molecule has 4 nitrogen and oxygen atoms in total. The summed E-state index contributed by atoms with van der Waals surface area (Å²) in [4.78, 5) is 0. The zero-order chi connectivity index (χ0) is 16.3. The van der Waals surface area contributed by atoms with Crippen LogP contribution in [0.1, 0.15) is 30.4 Å². The number of fused-ring (bicyclic) bond motifs is 2. The summed E-state index contributed by atoms with van der Waals surface area (Å²) < 4.78 is 12.8. The van der Waals surface area contributed by atoms with Gasteiger partial charge in [0.15, 0.2) is 23.0 Å². The van der Waals surface area contributed by atoms with E-state index in [-0.39, 0.29) is 23.3 Å². The molecule has 5 rings (SSSR count). The van der Waals surface area contributed by atoms with E-state index < -0.39 is 5.79 Å². The third-order valence-electron chi connectivity index (χ3n) is 5.85. The summed E-state index contributed by atoms with van der Waals surface area (Å²) in [5, 5.41) is 20.5. The highest BCUT2D eigenvalue weighted by molar-refractivity contribution is 5.51. The Balaban J connectivity index is 1.65. The Morgan fingerprint density at radius 1 is 0.792 bits per heavy atom. The Labute approximate surface area is 140 Å². The number of aromatic hydroxyl groups is 2. The van der Waals surface area contributed by atoms with Gasteiger partial charge < -0.3 is 19.7 Å². The fraction of sp³-hybridized carbons (Fsp3) is 0.400. The maximum Gasteiger partial charge on any atom is 0.257 e. The molecule has 124 valence electrons. The van der Waals surface area contributed by atoms with Crippen LogP contribution in [0.15, 0.2) is 36.4 Å². The standard InChI is InChI=1S/C20H20O4/c21-16-8-1-4-12-10-14-6-3-7-15-11-13-5-2-9-17(22)19(13)24-20(14,15)23-18(12)16/h1-2,4-5,8-9,14-15,21-22H,3,6-7,10-11H2/t14-,15-,20?/m1/s1. The number of ether oxygens (including phenoxy) is 2. The molecule has 2 aromatic rings. The molecule has 0 saturated heterocycles. The largest absolute Gasteiger partial charge is 0.504 e. The van der Waals surface area contributed by atoms with Gasteiger partial charge in [-0.2, -0.15) is 0 Å². The second-order valence-electron chi connectivity index (χ2n) is 7.19. The maximum absolute atomic E-state index is 10.3. The van der Waals surface area contributed by atoms with Gasteiger partial charge in [-0.05, 0) is 48.9 Å². The topological polar surface area (TPSA) is 58.9 Å². The summed E-state index contributed by atoms with van der Waals surface area (Å²) in [7, 11) is 0. The van der Waals surface area contributed by atoms with Gasteiger partial charge >= 0.3 is 0 Å². The molecule has 2 atom stereocenters. The number of hydrogen-bond donors (Lipinski definition) is 2. The number of phenolic OH excluding ortho intramolecular Hbond substituents is 2. The monoisotopic (exact) mass is 324 g/mol. The van der Waals surface area contributed by atoms with Gasteiger partial charge in [-0.1, -0.05) is 30.7 Å². The number of benzene rings is 2. The van der Waals surface area contributed by atoms with E-state index in [0.29, 0.717) is 11.5 Å². The van der Waals surface area contributed by atoms with Crippen molar-refractivity contribution in [3.05, 3.63) is 47.5 Å². The Morgan fingerprint density at radius 3 is 1.79 bits per heavy atom. The van der Waals surface area contributed by atoms with Crippen molar-refractivity contribution < 1.29 is 19.7 Å². The minimum atomic E-state index is -0.782. The van der Waals surface area contributed by atoms with Crippen molar-refractivity contribution in [2.75, 3.05) is 0 Å². The molecule has 0 amide bonds. The number of hydrogen-bond acceptors (Lipinski definition) is 4. The maximum atomic E-state index is 10.3. The zero-order valence-electron chi connectivity index (χ0n) is 13.4. The molecule has 2 heterocycles. The molecule has 0 bridgehead atoms. The lowest BCUT2D eigenvalue weighted by Gasteiger charge is -2.53. The lowest BCUT2D eigenvalue weighted by Crippen LogP contribution is -2.61. The van der Waals surface area contributed by atoms with Crippen LogP contribution in [0, 0.1) is 11.8 Å². The highest BCUT2D eigenvalue weighted by atomic mass is 16.7. The Bertz CT molecular complexity index is 746. The third-order valence-corrected chi connectivity index (χ3v) is 5.85. The lowest BCUT2D eigenvalue weighted by atomic mass is 9.68. The van der Waals surface area contributed by atoms with E-state index in [2.05, 4.69) is 0 Å². The van der Waals surface area contributed by atoms with Crippen molar-refractivity contribution in [2.24, 2.45) is 11.8 Å². The van der Waals surface area contributed by atoms with Crippen molar-refractivity contribution in [3.63, 3.8) is 0 Å². The van der Waals surface area contributed by atoms with Crippen LogP contribution >= 0.6 is 0 Å². The van der Waals surface area contributed by atoms with Gasteiger partial charge in [0.2, 0.25) is 0 Å².